The third-order valence-corrected chi connectivity index (χ3v) is 5.45. The summed E-state index contributed by atoms with van der Waals surface area (Å²) >= 11 is 0.920. The van der Waals surface area contributed by atoms with Crippen molar-refractivity contribution in [3.05, 3.63) is 0 Å². The lowest BCUT2D eigenvalue weighted by Crippen LogP contribution is -2.60. The highest BCUT2D eigenvalue weighted by atomic mass is 32.2. The molecule has 1 aliphatic heterocycles. The van der Waals surface area contributed by atoms with E-state index in [9.17, 15) is 24.0 Å². The number of carbonyl (C=O) groups is 5. The fourth-order valence-corrected chi connectivity index (χ4v) is 3.83. The van der Waals surface area contributed by atoms with Gasteiger partial charge in [0.2, 0.25) is 23.6 Å². The molecular weight excluding hydrogens is 416 g/mol. The van der Waals surface area contributed by atoms with Crippen molar-refractivity contribution in [1.82, 2.24) is 15.5 Å². The summed E-state index contributed by atoms with van der Waals surface area (Å²) in [7, 11) is 0. The van der Waals surface area contributed by atoms with Crippen LogP contribution in [0.5, 0.6) is 0 Å². The van der Waals surface area contributed by atoms with Crippen LogP contribution in [0.4, 0.5) is 0 Å². The molecule has 0 radical (unpaired) electrons. The van der Waals surface area contributed by atoms with E-state index >= 15 is 0 Å². The van der Waals surface area contributed by atoms with Gasteiger partial charge in [0.05, 0.1) is 11.5 Å². The molecule has 1 fully saturated rings. The van der Waals surface area contributed by atoms with Crippen molar-refractivity contribution >= 4 is 41.4 Å². The molecule has 0 unspecified atom stereocenters. The number of nitrogens with two attached hydrogens (primary N) is 1. The third-order valence-electron chi connectivity index (χ3n) is 4.55. The Morgan fingerprint density at radius 2 is 1.87 bits per heavy atom. The van der Waals surface area contributed by atoms with E-state index in [0.29, 0.717) is 12.8 Å². The van der Waals surface area contributed by atoms with Crippen LogP contribution >= 0.6 is 11.8 Å². The third kappa shape index (κ3) is 8.57. The lowest BCUT2D eigenvalue weighted by molar-refractivity contribution is -0.142. The maximum absolute atomic E-state index is 12.9. The Labute approximate surface area is 179 Å². The maximum atomic E-state index is 12.9. The number of aliphatic carboxylic acids is 1. The fraction of sp³-hybridized carbons (Fsp3) is 0.722. The lowest BCUT2D eigenvalue weighted by atomic mass is 9.95. The molecule has 1 saturated heterocycles. The second-order valence-electron chi connectivity index (χ2n) is 7.53. The zero-order valence-electron chi connectivity index (χ0n) is 17.1. The number of rotatable bonds is 11. The Kier molecular flexibility index (Phi) is 10.6. The smallest absolute Gasteiger partial charge is 0.313 e. The monoisotopic (exact) mass is 446 g/mol. The van der Waals surface area contributed by atoms with Crippen LogP contribution in [-0.2, 0) is 24.0 Å². The van der Waals surface area contributed by atoms with Gasteiger partial charge in [-0.2, -0.15) is 0 Å². The Morgan fingerprint density at radius 3 is 2.40 bits per heavy atom. The SMILES string of the molecule is CC(C)C[C@@H](NC(=O)[C@@H]1C[C@@H](NC(=O)CO)CCN1C(=O)CSCC(=O)O)C(N)=O. The predicted molar refractivity (Wildman–Crippen MR) is 109 cm³/mol. The van der Waals surface area contributed by atoms with Gasteiger partial charge in [0, 0.05) is 12.6 Å². The molecule has 3 atom stereocenters. The van der Waals surface area contributed by atoms with Crippen molar-refractivity contribution in [2.45, 2.75) is 51.2 Å². The van der Waals surface area contributed by atoms with E-state index in [1.54, 1.807) is 0 Å². The zero-order valence-corrected chi connectivity index (χ0v) is 17.9. The number of carboxylic acids is 1. The van der Waals surface area contributed by atoms with Gasteiger partial charge in [-0.25, -0.2) is 0 Å². The molecular formula is C18H30N4O7S. The summed E-state index contributed by atoms with van der Waals surface area (Å²) in [6, 6.07) is -2.30. The Balaban J connectivity index is 2.93. The van der Waals surface area contributed by atoms with Crippen molar-refractivity contribution in [3.63, 3.8) is 0 Å². The summed E-state index contributed by atoms with van der Waals surface area (Å²) in [5.41, 5.74) is 5.38. The molecule has 0 spiro atoms. The first-order valence-electron chi connectivity index (χ1n) is 9.64. The van der Waals surface area contributed by atoms with Gasteiger partial charge >= 0.3 is 5.97 Å². The molecule has 1 aliphatic rings. The number of thioether (sulfide) groups is 1. The van der Waals surface area contributed by atoms with Gasteiger partial charge in [-0.1, -0.05) is 13.8 Å². The van der Waals surface area contributed by atoms with E-state index in [-0.39, 0.29) is 30.4 Å². The molecule has 6 N–H and O–H groups in total. The number of likely N-dealkylation sites (tertiary alicyclic amines) is 1. The van der Waals surface area contributed by atoms with Crippen LogP contribution in [-0.4, -0.2) is 87.5 Å². The largest absolute Gasteiger partial charge is 0.481 e. The van der Waals surface area contributed by atoms with Crippen LogP contribution in [0, 0.1) is 5.92 Å². The number of hydrogen-bond donors (Lipinski definition) is 5. The van der Waals surface area contributed by atoms with E-state index in [1.807, 2.05) is 13.8 Å². The number of nitrogens with one attached hydrogen (secondary N) is 2. The van der Waals surface area contributed by atoms with Crippen LogP contribution in [0.2, 0.25) is 0 Å². The van der Waals surface area contributed by atoms with Crippen molar-refractivity contribution in [2.24, 2.45) is 11.7 Å². The lowest BCUT2D eigenvalue weighted by Gasteiger charge is -2.39. The molecule has 0 aromatic heterocycles. The molecule has 0 aromatic carbocycles. The number of amides is 4. The number of carboxylic acid groups (broad SMARTS) is 1. The Bertz CT molecular complexity index is 658. The minimum absolute atomic E-state index is 0.0934. The first-order chi connectivity index (χ1) is 14.0. The van der Waals surface area contributed by atoms with Gasteiger partial charge in [-0.3, -0.25) is 24.0 Å². The van der Waals surface area contributed by atoms with E-state index < -0.39 is 54.3 Å². The summed E-state index contributed by atoms with van der Waals surface area (Å²) in [6.45, 7) is 3.21. The minimum Gasteiger partial charge on any atom is -0.481 e. The normalized spacial score (nSPS) is 19.8. The second-order valence-corrected chi connectivity index (χ2v) is 8.52. The highest BCUT2D eigenvalue weighted by Gasteiger charge is 2.37. The number of primary amides is 1. The summed E-state index contributed by atoms with van der Waals surface area (Å²) in [5, 5.41) is 22.8. The zero-order chi connectivity index (χ0) is 22.8. The van der Waals surface area contributed by atoms with Gasteiger partial charge in [0.1, 0.15) is 18.7 Å². The van der Waals surface area contributed by atoms with Crippen LogP contribution in [0.3, 0.4) is 0 Å². The molecule has 30 heavy (non-hydrogen) atoms. The molecule has 0 aromatic rings. The minimum atomic E-state index is -1.05. The maximum Gasteiger partial charge on any atom is 0.313 e. The van der Waals surface area contributed by atoms with Crippen molar-refractivity contribution in [3.8, 4) is 0 Å². The molecule has 11 nitrogen and oxygen atoms in total. The van der Waals surface area contributed by atoms with Crippen molar-refractivity contribution in [1.29, 1.82) is 0 Å². The highest BCUT2D eigenvalue weighted by Crippen LogP contribution is 2.20. The van der Waals surface area contributed by atoms with Crippen LogP contribution in [0.25, 0.3) is 0 Å². The molecule has 1 heterocycles. The van der Waals surface area contributed by atoms with Gasteiger partial charge < -0.3 is 31.5 Å². The number of piperidine rings is 1. The molecule has 12 heteroatoms. The average molecular weight is 447 g/mol. The number of hydrogen-bond acceptors (Lipinski definition) is 7. The molecule has 0 saturated carbocycles. The van der Waals surface area contributed by atoms with Crippen molar-refractivity contribution < 1.29 is 34.2 Å². The summed E-state index contributed by atoms with van der Waals surface area (Å²) in [5.74, 6) is -3.58. The summed E-state index contributed by atoms with van der Waals surface area (Å²) in [6.07, 6.45) is 0.803. The Hall–Kier alpha value is -2.34. The molecule has 170 valence electrons. The first kappa shape index (κ1) is 25.7. The standard InChI is InChI=1S/C18H30N4O7S/c1-10(2)5-12(17(19)28)21-18(29)13-6-11(20-14(24)7-23)3-4-22(13)15(25)8-30-9-16(26)27/h10-13,23H,3-9H2,1-2H3,(H2,19,28)(H,20,24)(H,21,29)(H,26,27)/t11-,12+,13-/m0/s1. The van der Waals surface area contributed by atoms with E-state index in [4.69, 9.17) is 15.9 Å². The average Bonchev–Trinajstić information content (AvgIpc) is 2.66. The van der Waals surface area contributed by atoms with Crippen LogP contribution in [0.1, 0.15) is 33.1 Å². The number of aliphatic hydroxyl groups excluding tert-OH is 1. The number of aliphatic hydroxyl groups is 1. The Morgan fingerprint density at radius 1 is 1.20 bits per heavy atom. The fourth-order valence-electron chi connectivity index (χ4n) is 3.21. The van der Waals surface area contributed by atoms with E-state index in [2.05, 4.69) is 10.6 Å². The van der Waals surface area contributed by atoms with Gasteiger partial charge in [-0.05, 0) is 25.2 Å². The number of carbonyl (C=O) groups excluding carboxylic acids is 4. The van der Waals surface area contributed by atoms with Gasteiger partial charge in [-0.15, -0.1) is 11.8 Å². The highest BCUT2D eigenvalue weighted by molar-refractivity contribution is 8.00. The quantitative estimate of drug-likeness (QED) is 0.249. The summed E-state index contributed by atoms with van der Waals surface area (Å²) < 4.78 is 0. The van der Waals surface area contributed by atoms with Gasteiger partial charge in [0.15, 0.2) is 0 Å². The predicted octanol–water partition coefficient (Wildman–Crippen LogP) is -1.71. The van der Waals surface area contributed by atoms with Crippen molar-refractivity contribution in [2.75, 3.05) is 24.7 Å². The van der Waals surface area contributed by atoms with Crippen LogP contribution in [0.15, 0.2) is 0 Å². The summed E-state index contributed by atoms with van der Waals surface area (Å²) in [4.78, 5) is 60.7. The van der Waals surface area contributed by atoms with Gasteiger partial charge in [0.25, 0.3) is 0 Å². The van der Waals surface area contributed by atoms with E-state index in [1.165, 1.54) is 4.90 Å². The first-order valence-corrected chi connectivity index (χ1v) is 10.8. The topological polar surface area (TPSA) is 179 Å². The molecule has 0 aliphatic carbocycles. The van der Waals surface area contributed by atoms with E-state index in [0.717, 1.165) is 11.8 Å². The molecule has 1 rings (SSSR count). The number of nitrogens with zero attached hydrogens (tertiary/aromatic N) is 1. The van der Waals surface area contributed by atoms with Crippen LogP contribution < -0.4 is 16.4 Å². The molecule has 0 bridgehead atoms. The molecule has 4 amide bonds. The second kappa shape index (κ2) is 12.4.